The third kappa shape index (κ3) is 4.56. The molecular formula is C14H15ClN2O3S. The number of aromatic nitrogens is 2. The summed E-state index contributed by atoms with van der Waals surface area (Å²) in [4.78, 5) is 19.6. The fourth-order valence-electron chi connectivity index (χ4n) is 1.77. The Balaban J connectivity index is 2.32. The van der Waals surface area contributed by atoms with E-state index < -0.39 is 5.97 Å². The average Bonchev–Trinajstić information content (AvgIpc) is 2.45. The lowest BCUT2D eigenvalue weighted by molar-refractivity contribution is -0.136. The molecule has 112 valence electrons. The van der Waals surface area contributed by atoms with Crippen LogP contribution in [0.1, 0.15) is 12.2 Å². The van der Waals surface area contributed by atoms with Crippen molar-refractivity contribution in [3.8, 4) is 0 Å². The van der Waals surface area contributed by atoms with Crippen LogP contribution >= 0.6 is 23.4 Å². The minimum absolute atomic E-state index is 0.0874. The van der Waals surface area contributed by atoms with Gasteiger partial charge in [0.1, 0.15) is 10.9 Å². The van der Waals surface area contributed by atoms with Crippen LogP contribution in [0.15, 0.2) is 23.2 Å². The molecule has 0 fully saturated rings. The molecule has 1 aromatic heterocycles. The predicted octanol–water partition coefficient (Wildman–Crippen LogP) is 3.04. The number of carbonyl (C=O) groups is 1. The molecule has 21 heavy (non-hydrogen) atoms. The van der Waals surface area contributed by atoms with Crippen molar-refractivity contribution in [3.63, 3.8) is 0 Å². The van der Waals surface area contributed by atoms with Gasteiger partial charge in [-0.05, 0) is 18.2 Å². The molecule has 1 N–H and O–H groups in total. The Bertz CT molecular complexity index is 651. The Morgan fingerprint density at radius 3 is 2.95 bits per heavy atom. The van der Waals surface area contributed by atoms with Gasteiger partial charge in [-0.15, -0.1) is 11.8 Å². The lowest BCUT2D eigenvalue weighted by Crippen LogP contribution is -2.03. The van der Waals surface area contributed by atoms with Crippen molar-refractivity contribution in [2.45, 2.75) is 17.9 Å². The lowest BCUT2D eigenvalue weighted by atomic mass is 10.2. The first-order chi connectivity index (χ1) is 10.1. The lowest BCUT2D eigenvalue weighted by Gasteiger charge is -2.08. The summed E-state index contributed by atoms with van der Waals surface area (Å²) in [7, 11) is 1.63. The van der Waals surface area contributed by atoms with E-state index in [9.17, 15) is 4.79 Å². The molecule has 0 bridgehead atoms. The molecule has 7 heteroatoms. The van der Waals surface area contributed by atoms with E-state index in [4.69, 9.17) is 21.4 Å². The monoisotopic (exact) mass is 326 g/mol. The first kappa shape index (κ1) is 16.0. The number of hydrogen-bond donors (Lipinski definition) is 1. The van der Waals surface area contributed by atoms with Gasteiger partial charge in [-0.1, -0.05) is 11.6 Å². The molecule has 0 aliphatic heterocycles. The summed E-state index contributed by atoms with van der Waals surface area (Å²) in [5.41, 5.74) is 0.804. The zero-order chi connectivity index (χ0) is 15.2. The molecule has 0 aliphatic rings. The number of benzene rings is 1. The molecule has 2 rings (SSSR count). The van der Waals surface area contributed by atoms with Gasteiger partial charge in [0.25, 0.3) is 0 Å². The standard InChI is InChI=1S/C14H15ClN2O3S/c1-20-6-4-12-16-11-3-2-9(15)8-10(11)14(17-12)21-7-5-13(18)19/h2-3,8H,4-7H2,1H3,(H,18,19). The maximum atomic E-state index is 10.6. The van der Waals surface area contributed by atoms with Crippen LogP contribution in [-0.4, -0.2) is 40.5 Å². The highest BCUT2D eigenvalue weighted by atomic mass is 35.5. The molecule has 5 nitrogen and oxygen atoms in total. The molecule has 1 heterocycles. The van der Waals surface area contributed by atoms with Crippen LogP contribution in [0, 0.1) is 0 Å². The second-order valence-corrected chi connectivity index (χ2v) is 5.86. The average molecular weight is 327 g/mol. The molecule has 0 saturated heterocycles. The van der Waals surface area contributed by atoms with Crippen molar-refractivity contribution in [2.24, 2.45) is 0 Å². The number of methoxy groups -OCH3 is 1. The van der Waals surface area contributed by atoms with Crippen LogP contribution in [0.2, 0.25) is 5.02 Å². The van der Waals surface area contributed by atoms with Gasteiger partial charge in [0.15, 0.2) is 0 Å². The fraction of sp³-hybridized carbons (Fsp3) is 0.357. The van der Waals surface area contributed by atoms with Gasteiger partial charge in [0.05, 0.1) is 18.5 Å². The van der Waals surface area contributed by atoms with E-state index in [-0.39, 0.29) is 6.42 Å². The van der Waals surface area contributed by atoms with Gasteiger partial charge in [-0.2, -0.15) is 0 Å². The first-order valence-corrected chi connectivity index (χ1v) is 7.76. The molecule has 1 aromatic carbocycles. The molecule has 0 atom stereocenters. The second-order valence-electron chi connectivity index (χ2n) is 4.34. The Labute approximate surface area is 131 Å². The Hall–Kier alpha value is -1.37. The van der Waals surface area contributed by atoms with E-state index in [1.165, 1.54) is 11.8 Å². The maximum absolute atomic E-state index is 10.6. The number of hydrogen-bond acceptors (Lipinski definition) is 5. The Kier molecular flexibility index (Phi) is 5.78. The Morgan fingerprint density at radius 1 is 1.43 bits per heavy atom. The summed E-state index contributed by atoms with van der Waals surface area (Å²) in [6, 6.07) is 5.43. The fourth-order valence-corrected chi connectivity index (χ4v) is 2.90. The summed E-state index contributed by atoms with van der Waals surface area (Å²) in [6.45, 7) is 0.540. The number of nitrogens with zero attached hydrogens (tertiary/aromatic N) is 2. The van der Waals surface area contributed by atoms with E-state index in [2.05, 4.69) is 9.97 Å². The largest absolute Gasteiger partial charge is 0.481 e. The molecule has 0 aliphatic carbocycles. The molecule has 0 saturated carbocycles. The molecule has 0 radical (unpaired) electrons. The van der Waals surface area contributed by atoms with E-state index in [0.717, 1.165) is 15.9 Å². The molecule has 0 unspecified atom stereocenters. The number of rotatable bonds is 7. The summed E-state index contributed by atoms with van der Waals surface area (Å²) in [5, 5.41) is 10.9. The van der Waals surface area contributed by atoms with E-state index >= 15 is 0 Å². The van der Waals surface area contributed by atoms with Gasteiger partial charge >= 0.3 is 5.97 Å². The molecule has 2 aromatic rings. The van der Waals surface area contributed by atoms with Crippen LogP contribution < -0.4 is 0 Å². The smallest absolute Gasteiger partial charge is 0.304 e. The summed E-state index contributed by atoms with van der Waals surface area (Å²) >= 11 is 7.42. The zero-order valence-corrected chi connectivity index (χ0v) is 13.1. The number of ether oxygens (including phenoxy) is 1. The highest BCUT2D eigenvalue weighted by Gasteiger charge is 2.10. The number of halogens is 1. The van der Waals surface area contributed by atoms with E-state index in [0.29, 0.717) is 29.6 Å². The summed E-state index contributed by atoms with van der Waals surface area (Å²) in [6.07, 6.45) is 0.700. The number of thioether (sulfide) groups is 1. The van der Waals surface area contributed by atoms with Crippen LogP contribution in [0.5, 0.6) is 0 Å². The van der Waals surface area contributed by atoms with Crippen molar-refractivity contribution >= 4 is 40.2 Å². The van der Waals surface area contributed by atoms with Crippen molar-refractivity contribution in [1.29, 1.82) is 0 Å². The highest BCUT2D eigenvalue weighted by molar-refractivity contribution is 7.99. The topological polar surface area (TPSA) is 72.3 Å². The minimum atomic E-state index is -0.821. The van der Waals surface area contributed by atoms with Crippen LogP contribution in [-0.2, 0) is 16.0 Å². The van der Waals surface area contributed by atoms with Crippen molar-refractivity contribution in [2.75, 3.05) is 19.5 Å². The van der Waals surface area contributed by atoms with Gasteiger partial charge in [0.2, 0.25) is 0 Å². The van der Waals surface area contributed by atoms with Crippen LogP contribution in [0.4, 0.5) is 0 Å². The SMILES string of the molecule is COCCc1nc(SCCC(=O)O)c2cc(Cl)ccc2n1. The van der Waals surface area contributed by atoms with Gasteiger partial charge < -0.3 is 9.84 Å². The predicted molar refractivity (Wildman–Crippen MR) is 83.1 cm³/mol. The maximum Gasteiger partial charge on any atom is 0.304 e. The molecule has 0 amide bonds. The number of carboxylic acid groups (broad SMARTS) is 1. The first-order valence-electron chi connectivity index (χ1n) is 6.40. The Morgan fingerprint density at radius 2 is 2.24 bits per heavy atom. The normalized spacial score (nSPS) is 11.0. The highest BCUT2D eigenvalue weighted by Crippen LogP contribution is 2.28. The number of fused-ring (bicyclic) bond motifs is 1. The number of carboxylic acids is 1. The quantitative estimate of drug-likeness (QED) is 0.623. The number of aliphatic carboxylic acids is 1. The molecular weight excluding hydrogens is 312 g/mol. The van der Waals surface area contributed by atoms with Gasteiger partial charge in [-0.3, -0.25) is 4.79 Å². The summed E-state index contributed by atoms with van der Waals surface area (Å²) < 4.78 is 5.04. The van der Waals surface area contributed by atoms with Gasteiger partial charge in [-0.25, -0.2) is 9.97 Å². The van der Waals surface area contributed by atoms with E-state index in [1.54, 1.807) is 19.2 Å². The molecule has 0 spiro atoms. The van der Waals surface area contributed by atoms with Crippen LogP contribution in [0.3, 0.4) is 0 Å². The third-order valence-electron chi connectivity index (χ3n) is 2.75. The third-order valence-corrected chi connectivity index (χ3v) is 3.98. The van der Waals surface area contributed by atoms with Crippen LogP contribution in [0.25, 0.3) is 10.9 Å². The second kappa shape index (κ2) is 7.59. The van der Waals surface area contributed by atoms with Gasteiger partial charge in [0, 0.05) is 29.7 Å². The summed E-state index contributed by atoms with van der Waals surface area (Å²) in [5.74, 6) is 0.320. The van der Waals surface area contributed by atoms with E-state index in [1.807, 2.05) is 6.07 Å². The zero-order valence-electron chi connectivity index (χ0n) is 11.5. The van der Waals surface area contributed by atoms with Crippen molar-refractivity contribution < 1.29 is 14.6 Å². The minimum Gasteiger partial charge on any atom is -0.481 e. The van der Waals surface area contributed by atoms with Crippen molar-refractivity contribution in [1.82, 2.24) is 9.97 Å². The van der Waals surface area contributed by atoms with Crippen molar-refractivity contribution in [3.05, 3.63) is 29.0 Å².